The fraction of sp³-hybridized carbons (Fsp3) is 0.304. The zero-order valence-electron chi connectivity index (χ0n) is 17.5. The first-order valence-electron chi connectivity index (χ1n) is 9.79. The zero-order valence-corrected chi connectivity index (χ0v) is 18.4. The molecule has 0 amide bonds. The van der Waals surface area contributed by atoms with Gasteiger partial charge < -0.3 is 19.7 Å². The van der Waals surface area contributed by atoms with Crippen molar-refractivity contribution in [3.8, 4) is 0 Å². The molecule has 1 N–H and O–H groups in total. The van der Waals surface area contributed by atoms with Crippen LogP contribution in [0.1, 0.15) is 34.7 Å². The van der Waals surface area contributed by atoms with Gasteiger partial charge in [0.15, 0.2) is 5.11 Å². The molecule has 1 saturated heterocycles. The highest BCUT2D eigenvalue weighted by atomic mass is 32.1. The molecule has 1 fully saturated rings. The van der Waals surface area contributed by atoms with Crippen LogP contribution in [0.2, 0.25) is 0 Å². The number of pyridine rings is 1. The normalized spacial score (nSPS) is 18.8. The van der Waals surface area contributed by atoms with E-state index in [2.05, 4.69) is 82.0 Å². The molecule has 3 aromatic rings. The number of rotatable bonds is 4. The standard InChI is InChI=1S/C23H27N5S/c1-15-14-19(16(2)27(15)5)22-21(20-8-6-7-13-24-20)25-23(29)28(22)18-11-9-17(10-12-18)26(3)4/h6-14,21-22H,1-5H3,(H,25,29)/t21-,22-/m0/s1. The van der Waals surface area contributed by atoms with Crippen LogP contribution in [0.3, 0.4) is 0 Å². The molecule has 29 heavy (non-hydrogen) atoms. The molecule has 0 unspecified atom stereocenters. The fourth-order valence-corrected chi connectivity index (χ4v) is 4.39. The lowest BCUT2D eigenvalue weighted by Gasteiger charge is -2.28. The number of nitrogens with zero attached hydrogens (tertiary/aromatic N) is 4. The third-order valence-corrected chi connectivity index (χ3v) is 6.19. The Morgan fingerprint density at radius 2 is 1.79 bits per heavy atom. The van der Waals surface area contributed by atoms with E-state index in [-0.39, 0.29) is 12.1 Å². The van der Waals surface area contributed by atoms with Gasteiger partial charge in [0.1, 0.15) is 0 Å². The van der Waals surface area contributed by atoms with Crippen molar-refractivity contribution in [2.45, 2.75) is 25.9 Å². The van der Waals surface area contributed by atoms with Gasteiger partial charge in [-0.1, -0.05) is 6.07 Å². The largest absolute Gasteiger partial charge is 0.378 e. The highest BCUT2D eigenvalue weighted by Crippen LogP contribution is 2.43. The van der Waals surface area contributed by atoms with Crippen molar-refractivity contribution in [1.29, 1.82) is 0 Å². The van der Waals surface area contributed by atoms with Gasteiger partial charge in [0.2, 0.25) is 0 Å². The second-order valence-electron chi connectivity index (χ2n) is 7.79. The number of hydrogen-bond donors (Lipinski definition) is 1. The molecule has 4 rings (SSSR count). The number of anilines is 2. The van der Waals surface area contributed by atoms with Gasteiger partial charge in [-0.3, -0.25) is 4.98 Å². The molecule has 0 bridgehead atoms. The summed E-state index contributed by atoms with van der Waals surface area (Å²) in [6.45, 7) is 4.32. The summed E-state index contributed by atoms with van der Waals surface area (Å²) in [4.78, 5) is 8.97. The van der Waals surface area contributed by atoms with Gasteiger partial charge in [-0.15, -0.1) is 0 Å². The second kappa shape index (κ2) is 7.52. The predicted octanol–water partition coefficient (Wildman–Crippen LogP) is 4.28. The molecule has 2 atom stereocenters. The number of thiocarbonyl (C=S) groups is 1. The Labute approximate surface area is 178 Å². The zero-order chi connectivity index (χ0) is 20.7. The summed E-state index contributed by atoms with van der Waals surface area (Å²) in [5, 5.41) is 4.26. The van der Waals surface area contributed by atoms with E-state index >= 15 is 0 Å². The van der Waals surface area contributed by atoms with Crippen molar-refractivity contribution in [3.05, 3.63) is 77.4 Å². The molecule has 0 spiro atoms. The Kier molecular flexibility index (Phi) is 5.04. The Morgan fingerprint density at radius 3 is 2.34 bits per heavy atom. The fourth-order valence-electron chi connectivity index (χ4n) is 4.04. The number of hydrogen-bond acceptors (Lipinski definition) is 3. The van der Waals surface area contributed by atoms with Crippen molar-refractivity contribution < 1.29 is 0 Å². The third kappa shape index (κ3) is 3.38. The summed E-state index contributed by atoms with van der Waals surface area (Å²) >= 11 is 5.81. The maximum absolute atomic E-state index is 5.81. The first kappa shape index (κ1) is 19.5. The van der Waals surface area contributed by atoms with Gasteiger partial charge in [-0.2, -0.15) is 0 Å². The molecule has 1 aliphatic heterocycles. The van der Waals surface area contributed by atoms with E-state index in [4.69, 9.17) is 12.2 Å². The summed E-state index contributed by atoms with van der Waals surface area (Å²) in [6.07, 6.45) is 1.84. The van der Waals surface area contributed by atoms with Crippen LogP contribution in [0.25, 0.3) is 0 Å². The van der Waals surface area contributed by atoms with Crippen LogP contribution in [-0.4, -0.2) is 28.8 Å². The summed E-state index contributed by atoms with van der Waals surface area (Å²) in [5.41, 5.74) is 6.99. The lowest BCUT2D eigenvalue weighted by atomic mass is 9.96. The van der Waals surface area contributed by atoms with E-state index in [0.717, 1.165) is 22.2 Å². The highest BCUT2D eigenvalue weighted by molar-refractivity contribution is 7.80. The molecule has 150 valence electrons. The molecule has 1 aromatic carbocycles. The van der Waals surface area contributed by atoms with Crippen molar-refractivity contribution in [2.24, 2.45) is 7.05 Å². The molecule has 3 heterocycles. The minimum Gasteiger partial charge on any atom is -0.378 e. The van der Waals surface area contributed by atoms with Crippen LogP contribution in [0.15, 0.2) is 54.7 Å². The summed E-state index contributed by atoms with van der Waals surface area (Å²) < 4.78 is 2.24. The molecule has 0 radical (unpaired) electrons. The molecule has 5 nitrogen and oxygen atoms in total. The Hall–Kier alpha value is -2.86. The Bertz CT molecular complexity index is 1020. The van der Waals surface area contributed by atoms with Gasteiger partial charge >= 0.3 is 0 Å². The number of benzene rings is 1. The Balaban J connectivity index is 1.84. The summed E-state index contributed by atoms with van der Waals surface area (Å²) in [5.74, 6) is 0. The number of aromatic nitrogens is 2. The van der Waals surface area contributed by atoms with Gasteiger partial charge in [0.25, 0.3) is 0 Å². The van der Waals surface area contributed by atoms with Gasteiger partial charge in [0.05, 0.1) is 17.8 Å². The smallest absolute Gasteiger partial charge is 0.174 e. The van der Waals surface area contributed by atoms with Gasteiger partial charge in [-0.25, -0.2) is 0 Å². The van der Waals surface area contributed by atoms with E-state index in [1.54, 1.807) is 0 Å². The third-order valence-electron chi connectivity index (χ3n) is 5.88. The quantitative estimate of drug-likeness (QED) is 0.656. The van der Waals surface area contributed by atoms with Crippen molar-refractivity contribution in [2.75, 3.05) is 23.9 Å². The van der Waals surface area contributed by atoms with Crippen LogP contribution < -0.4 is 15.1 Å². The highest BCUT2D eigenvalue weighted by Gasteiger charge is 2.42. The molecule has 2 aromatic heterocycles. The summed E-state index contributed by atoms with van der Waals surface area (Å²) in [6, 6.07) is 16.9. The van der Waals surface area contributed by atoms with Crippen LogP contribution in [0, 0.1) is 13.8 Å². The SMILES string of the molecule is Cc1cc([C@H]2[C@H](c3ccccn3)NC(=S)N2c2ccc(N(C)C)cc2)c(C)n1C. The first-order valence-corrected chi connectivity index (χ1v) is 10.2. The monoisotopic (exact) mass is 405 g/mol. The first-order chi connectivity index (χ1) is 13.9. The summed E-state index contributed by atoms with van der Waals surface area (Å²) in [7, 11) is 6.21. The number of aryl methyl sites for hydroxylation is 1. The topological polar surface area (TPSA) is 36.3 Å². The van der Waals surface area contributed by atoms with E-state index in [9.17, 15) is 0 Å². The van der Waals surface area contributed by atoms with Crippen LogP contribution >= 0.6 is 12.2 Å². The van der Waals surface area contributed by atoms with E-state index in [1.807, 2.05) is 32.4 Å². The van der Waals surface area contributed by atoms with Crippen molar-refractivity contribution in [1.82, 2.24) is 14.9 Å². The molecule has 0 saturated carbocycles. The van der Waals surface area contributed by atoms with Crippen molar-refractivity contribution in [3.63, 3.8) is 0 Å². The second-order valence-corrected chi connectivity index (χ2v) is 8.18. The van der Waals surface area contributed by atoms with Gasteiger partial charge in [-0.05, 0) is 74.1 Å². The van der Waals surface area contributed by atoms with E-state index < -0.39 is 0 Å². The van der Waals surface area contributed by atoms with Crippen LogP contribution in [-0.2, 0) is 7.05 Å². The van der Waals surface area contributed by atoms with E-state index in [0.29, 0.717) is 0 Å². The Morgan fingerprint density at radius 1 is 1.07 bits per heavy atom. The predicted molar refractivity (Wildman–Crippen MR) is 124 cm³/mol. The van der Waals surface area contributed by atoms with Crippen LogP contribution in [0.4, 0.5) is 11.4 Å². The molecular formula is C23H27N5S. The van der Waals surface area contributed by atoms with E-state index in [1.165, 1.54) is 17.0 Å². The molecule has 6 heteroatoms. The lowest BCUT2D eigenvalue weighted by molar-refractivity contribution is 0.564. The maximum atomic E-state index is 5.81. The average molecular weight is 406 g/mol. The average Bonchev–Trinajstić information content (AvgIpc) is 3.20. The maximum Gasteiger partial charge on any atom is 0.174 e. The van der Waals surface area contributed by atoms with Crippen LogP contribution in [0.5, 0.6) is 0 Å². The van der Waals surface area contributed by atoms with Crippen molar-refractivity contribution >= 4 is 28.7 Å². The number of nitrogens with one attached hydrogen (secondary N) is 1. The minimum atomic E-state index is -0.0160. The minimum absolute atomic E-state index is 0.0160. The molecule has 0 aliphatic carbocycles. The van der Waals surface area contributed by atoms with Gasteiger partial charge in [0, 0.05) is 50.1 Å². The molecular weight excluding hydrogens is 378 g/mol. The lowest BCUT2D eigenvalue weighted by Crippen LogP contribution is -2.29. The molecule has 1 aliphatic rings.